The molecule has 0 saturated heterocycles. The first-order valence-electron chi connectivity index (χ1n) is 12.5. The van der Waals surface area contributed by atoms with Crippen LogP contribution in [0.25, 0.3) is 10.8 Å². The lowest BCUT2D eigenvalue weighted by Crippen LogP contribution is -2.14. The van der Waals surface area contributed by atoms with Crippen molar-refractivity contribution in [2.24, 2.45) is 10.2 Å². The minimum atomic E-state index is -0.645. The van der Waals surface area contributed by atoms with E-state index >= 15 is 0 Å². The monoisotopic (exact) mass is 548 g/mol. The summed E-state index contributed by atoms with van der Waals surface area (Å²) in [7, 11) is 3.87. The minimum absolute atomic E-state index is 0.0437. The normalized spacial score (nSPS) is 10.7. The molecular weight excluding hydrogens is 520 g/mol. The number of benzene rings is 4. The molecule has 0 radical (unpaired) electrons. The maximum absolute atomic E-state index is 13.4. The van der Waals surface area contributed by atoms with Crippen molar-refractivity contribution in [2.45, 2.75) is 0 Å². The van der Waals surface area contributed by atoms with Gasteiger partial charge in [-0.3, -0.25) is 14.4 Å². The van der Waals surface area contributed by atoms with Gasteiger partial charge in [-0.1, -0.05) is 37.4 Å². The van der Waals surface area contributed by atoms with Crippen LogP contribution in [0.1, 0.15) is 10.4 Å². The first-order valence-corrected chi connectivity index (χ1v) is 12.5. The molecule has 0 aliphatic heterocycles. The van der Waals surface area contributed by atoms with Gasteiger partial charge in [0.15, 0.2) is 5.75 Å². The number of anilines is 4. The van der Waals surface area contributed by atoms with Crippen molar-refractivity contribution in [2.75, 3.05) is 34.9 Å². The molecule has 0 aliphatic rings. The Balaban J connectivity index is 1.71. The fourth-order valence-corrected chi connectivity index (χ4v) is 3.95. The molecular formula is C31H28N6O4. The van der Waals surface area contributed by atoms with Crippen LogP contribution in [0.2, 0.25) is 0 Å². The Morgan fingerprint density at radius 2 is 1.34 bits per heavy atom. The van der Waals surface area contributed by atoms with E-state index in [1.54, 1.807) is 36.4 Å². The second kappa shape index (κ2) is 12.4. The molecule has 0 aliphatic carbocycles. The number of nitrogens with one attached hydrogen (secondary N) is 3. The highest BCUT2D eigenvalue weighted by Crippen LogP contribution is 2.40. The summed E-state index contributed by atoms with van der Waals surface area (Å²) in [5.74, 6) is -1.96. The smallest absolute Gasteiger partial charge is 0.259 e. The van der Waals surface area contributed by atoms with Gasteiger partial charge >= 0.3 is 0 Å². The number of hydrogen-bond acceptors (Lipinski definition) is 7. The highest BCUT2D eigenvalue weighted by molar-refractivity contribution is 6.12. The first kappa shape index (κ1) is 28.2. The lowest BCUT2D eigenvalue weighted by atomic mass is 10.0. The summed E-state index contributed by atoms with van der Waals surface area (Å²) < 4.78 is 0. The van der Waals surface area contributed by atoms with Crippen LogP contribution in [0, 0.1) is 0 Å². The third kappa shape index (κ3) is 6.82. The Morgan fingerprint density at radius 3 is 1.90 bits per heavy atom. The third-order valence-corrected chi connectivity index (χ3v) is 5.97. The fraction of sp³-hybridized carbons (Fsp3) is 0.0645. The molecule has 0 bridgehead atoms. The number of carbonyl (C=O) groups is 3. The Bertz CT molecular complexity index is 1650. The van der Waals surface area contributed by atoms with E-state index in [2.05, 4.69) is 39.3 Å². The largest absolute Gasteiger partial charge is 0.505 e. The average Bonchev–Trinajstić information content (AvgIpc) is 2.96. The van der Waals surface area contributed by atoms with Gasteiger partial charge in [-0.25, -0.2) is 0 Å². The van der Waals surface area contributed by atoms with Gasteiger partial charge in [-0.05, 0) is 66.1 Å². The summed E-state index contributed by atoms with van der Waals surface area (Å²) in [5, 5.41) is 29.0. The van der Waals surface area contributed by atoms with Crippen molar-refractivity contribution in [3.8, 4) is 5.75 Å². The number of aromatic hydroxyl groups is 1. The van der Waals surface area contributed by atoms with Gasteiger partial charge in [0.2, 0.25) is 11.8 Å². The van der Waals surface area contributed by atoms with Gasteiger partial charge in [0.25, 0.3) is 5.91 Å². The molecule has 0 fully saturated rings. The molecule has 4 aromatic rings. The molecule has 0 saturated carbocycles. The third-order valence-electron chi connectivity index (χ3n) is 5.97. The Morgan fingerprint density at radius 1 is 0.780 bits per heavy atom. The Hall–Kier alpha value is -5.77. The number of nitrogens with zero attached hydrogens (tertiary/aromatic N) is 3. The van der Waals surface area contributed by atoms with Gasteiger partial charge in [0.05, 0.1) is 11.3 Å². The van der Waals surface area contributed by atoms with E-state index in [9.17, 15) is 19.5 Å². The standard InChI is InChI=1S/C31H28N6O4/c1-5-27(38)32-21-16-22(33-28(39)6-2)18-23(17-21)34-31(41)26-15-19-9-7-8-10-25(19)29(30(26)40)36-35-20-11-13-24(14-12-20)37(3)4/h5-18,40H,1-2H2,3-4H3,(H,32,38)(H,33,39)(H,34,41). The lowest BCUT2D eigenvalue weighted by molar-refractivity contribution is -0.112. The lowest BCUT2D eigenvalue weighted by Gasteiger charge is -2.14. The predicted molar refractivity (Wildman–Crippen MR) is 163 cm³/mol. The SMILES string of the molecule is C=CC(=O)Nc1cc(NC(=O)C=C)cc(NC(=O)c2cc3ccccc3c(N=Nc3ccc(N(C)C)cc3)c2O)c1. The molecule has 10 heteroatoms. The number of amides is 3. The van der Waals surface area contributed by atoms with Gasteiger partial charge in [0, 0.05) is 42.2 Å². The Labute approximate surface area is 236 Å². The number of fused-ring (bicyclic) bond motifs is 1. The van der Waals surface area contributed by atoms with Crippen LogP contribution >= 0.6 is 0 Å². The summed E-state index contributed by atoms with van der Waals surface area (Å²) in [5.41, 5.74) is 2.49. The second-order valence-electron chi connectivity index (χ2n) is 9.09. The Kier molecular flexibility index (Phi) is 8.54. The van der Waals surface area contributed by atoms with Crippen LogP contribution in [-0.2, 0) is 9.59 Å². The molecule has 41 heavy (non-hydrogen) atoms. The molecule has 0 spiro atoms. The maximum atomic E-state index is 13.4. The van der Waals surface area contributed by atoms with E-state index in [-0.39, 0.29) is 22.7 Å². The predicted octanol–water partition coefficient (Wildman–Crippen LogP) is 6.53. The summed E-state index contributed by atoms with van der Waals surface area (Å²) in [4.78, 5) is 39.1. The van der Waals surface area contributed by atoms with Crippen LogP contribution < -0.4 is 20.9 Å². The molecule has 4 N–H and O–H groups in total. The van der Waals surface area contributed by atoms with Crippen molar-refractivity contribution in [1.29, 1.82) is 0 Å². The van der Waals surface area contributed by atoms with Crippen LogP contribution in [-0.4, -0.2) is 36.9 Å². The van der Waals surface area contributed by atoms with E-state index in [0.29, 0.717) is 27.8 Å². The van der Waals surface area contributed by atoms with Gasteiger partial charge < -0.3 is 26.0 Å². The van der Waals surface area contributed by atoms with E-state index in [4.69, 9.17) is 0 Å². The van der Waals surface area contributed by atoms with Crippen molar-refractivity contribution < 1.29 is 19.5 Å². The average molecular weight is 549 g/mol. The molecule has 0 atom stereocenters. The van der Waals surface area contributed by atoms with Gasteiger partial charge in [-0.2, -0.15) is 5.11 Å². The van der Waals surface area contributed by atoms with Crippen molar-refractivity contribution in [3.63, 3.8) is 0 Å². The topological polar surface area (TPSA) is 135 Å². The molecule has 4 rings (SSSR count). The van der Waals surface area contributed by atoms with Crippen LogP contribution in [0.15, 0.2) is 108 Å². The number of phenols is 1. The molecule has 206 valence electrons. The maximum Gasteiger partial charge on any atom is 0.259 e. The molecule has 10 nitrogen and oxygen atoms in total. The number of phenolic OH excluding ortho intramolecular Hbond substituents is 1. The van der Waals surface area contributed by atoms with Gasteiger partial charge in [0.1, 0.15) is 5.69 Å². The molecule has 0 heterocycles. The van der Waals surface area contributed by atoms with Crippen LogP contribution in [0.3, 0.4) is 0 Å². The summed E-state index contributed by atoms with van der Waals surface area (Å²) in [6, 6.07) is 20.6. The van der Waals surface area contributed by atoms with E-state index in [0.717, 1.165) is 17.8 Å². The summed E-state index contributed by atoms with van der Waals surface area (Å²) >= 11 is 0. The zero-order valence-electron chi connectivity index (χ0n) is 22.5. The number of carbonyl (C=O) groups excluding carboxylic acids is 3. The quantitative estimate of drug-likeness (QED) is 0.139. The number of hydrogen-bond donors (Lipinski definition) is 4. The van der Waals surface area contributed by atoms with Crippen molar-refractivity contribution >= 4 is 62.6 Å². The fourth-order valence-electron chi connectivity index (χ4n) is 3.95. The highest BCUT2D eigenvalue weighted by Gasteiger charge is 2.19. The molecule has 0 aromatic heterocycles. The van der Waals surface area contributed by atoms with Crippen LogP contribution in [0.5, 0.6) is 5.75 Å². The van der Waals surface area contributed by atoms with Crippen LogP contribution in [0.4, 0.5) is 34.1 Å². The number of rotatable bonds is 9. The second-order valence-corrected chi connectivity index (χ2v) is 9.09. The first-order chi connectivity index (χ1) is 19.7. The highest BCUT2D eigenvalue weighted by atomic mass is 16.3. The summed E-state index contributed by atoms with van der Waals surface area (Å²) in [6.45, 7) is 6.86. The minimum Gasteiger partial charge on any atom is -0.505 e. The number of azo groups is 1. The zero-order chi connectivity index (χ0) is 29.5. The van der Waals surface area contributed by atoms with Gasteiger partial charge in [-0.15, -0.1) is 5.11 Å². The van der Waals surface area contributed by atoms with E-state index in [1.165, 1.54) is 18.2 Å². The van der Waals surface area contributed by atoms with E-state index in [1.807, 2.05) is 37.2 Å². The zero-order valence-corrected chi connectivity index (χ0v) is 22.5. The van der Waals surface area contributed by atoms with Crippen molar-refractivity contribution in [1.82, 2.24) is 0 Å². The summed E-state index contributed by atoms with van der Waals surface area (Å²) in [6.07, 6.45) is 2.18. The van der Waals surface area contributed by atoms with E-state index < -0.39 is 17.7 Å². The molecule has 0 unspecified atom stereocenters. The van der Waals surface area contributed by atoms with Crippen molar-refractivity contribution in [3.05, 3.63) is 104 Å². The molecule has 4 aromatic carbocycles. The molecule has 3 amide bonds.